The molecule has 0 unspecified atom stereocenters. The molecule has 0 N–H and O–H groups in total. The van der Waals surface area contributed by atoms with Gasteiger partial charge in [-0.25, -0.2) is 8.78 Å². The fourth-order valence-corrected chi connectivity index (χ4v) is 2.28. The number of ether oxygens (including phenoxy) is 1. The number of hydrogen-bond acceptors (Lipinski definition) is 4. The van der Waals surface area contributed by atoms with Gasteiger partial charge < -0.3 is 9.30 Å². The number of pyridine rings is 1. The number of benzene rings is 1. The highest BCUT2D eigenvalue weighted by atomic mass is 19.1. The third kappa shape index (κ3) is 4.72. The lowest BCUT2D eigenvalue weighted by molar-refractivity contribution is 0.312. The van der Waals surface area contributed by atoms with Crippen LogP contribution in [0.15, 0.2) is 51.3 Å². The van der Waals surface area contributed by atoms with Gasteiger partial charge in [-0.1, -0.05) is 0 Å². The molecule has 0 saturated carbocycles. The fraction of sp³-hybridized carbons (Fsp3) is 0.211. The van der Waals surface area contributed by atoms with Gasteiger partial charge in [-0.05, 0) is 44.8 Å². The van der Waals surface area contributed by atoms with E-state index < -0.39 is 11.6 Å². The van der Waals surface area contributed by atoms with Crippen molar-refractivity contribution in [3.63, 3.8) is 0 Å². The maximum Gasteiger partial charge on any atom is 0.253 e. The zero-order valence-electron chi connectivity index (χ0n) is 14.8. The lowest BCUT2D eigenvalue weighted by atomic mass is 10.1. The Bertz CT molecular complexity index is 920. The first-order valence-electron chi connectivity index (χ1n) is 7.76. The van der Waals surface area contributed by atoms with Crippen molar-refractivity contribution in [2.75, 3.05) is 6.73 Å². The zero-order chi connectivity index (χ0) is 19.3. The second-order valence-electron chi connectivity index (χ2n) is 5.66. The van der Waals surface area contributed by atoms with Gasteiger partial charge in [0.05, 0.1) is 5.70 Å². The predicted molar refractivity (Wildman–Crippen MR) is 98.9 cm³/mol. The topological polar surface area (TPSA) is 56.0 Å². The molecular weight excluding hydrogens is 340 g/mol. The average Bonchev–Trinajstić information content (AvgIpc) is 2.59. The van der Waals surface area contributed by atoms with Crippen molar-refractivity contribution in [2.45, 2.75) is 13.8 Å². The molecule has 7 heteroatoms. The Kier molecular flexibility index (Phi) is 6.16. The van der Waals surface area contributed by atoms with E-state index in [4.69, 9.17) is 4.74 Å². The molecule has 1 heterocycles. The van der Waals surface area contributed by atoms with Crippen LogP contribution < -0.4 is 10.3 Å². The summed E-state index contributed by atoms with van der Waals surface area (Å²) >= 11 is 0. The van der Waals surface area contributed by atoms with Crippen LogP contribution in [0.2, 0.25) is 0 Å². The highest BCUT2D eigenvalue weighted by molar-refractivity contribution is 5.99. The maximum atomic E-state index is 13.5. The smallest absolute Gasteiger partial charge is 0.253 e. The SMILES string of the molecule is C=N/C(=C\C(C)=NCOc1ccc(F)cc1F)c1cc(C)c(=O)n(C)c1. The maximum absolute atomic E-state index is 13.5. The van der Waals surface area contributed by atoms with Crippen molar-refractivity contribution in [1.29, 1.82) is 0 Å². The molecule has 1 aromatic carbocycles. The van der Waals surface area contributed by atoms with Crippen molar-refractivity contribution in [3.8, 4) is 5.75 Å². The number of halogens is 2. The van der Waals surface area contributed by atoms with Crippen molar-refractivity contribution >= 4 is 18.1 Å². The summed E-state index contributed by atoms with van der Waals surface area (Å²) in [5.74, 6) is -1.54. The van der Waals surface area contributed by atoms with Crippen molar-refractivity contribution in [3.05, 3.63) is 69.7 Å². The van der Waals surface area contributed by atoms with E-state index in [0.29, 0.717) is 17.0 Å². The van der Waals surface area contributed by atoms with Crippen LogP contribution >= 0.6 is 0 Å². The Morgan fingerprint density at radius 1 is 1.35 bits per heavy atom. The van der Waals surface area contributed by atoms with Crippen LogP contribution in [0, 0.1) is 18.6 Å². The molecule has 0 aliphatic rings. The van der Waals surface area contributed by atoms with Crippen LogP contribution in [0.1, 0.15) is 18.1 Å². The number of aryl methyl sites for hydroxylation is 2. The lowest BCUT2D eigenvalue weighted by Crippen LogP contribution is -2.19. The van der Waals surface area contributed by atoms with E-state index in [0.717, 1.165) is 17.7 Å². The Labute approximate surface area is 150 Å². The number of nitrogens with zero attached hydrogens (tertiary/aromatic N) is 3. The Morgan fingerprint density at radius 3 is 2.69 bits per heavy atom. The van der Waals surface area contributed by atoms with E-state index >= 15 is 0 Å². The van der Waals surface area contributed by atoms with Gasteiger partial charge in [-0.15, -0.1) is 0 Å². The van der Waals surface area contributed by atoms with Gasteiger partial charge in [0, 0.05) is 36.1 Å². The molecule has 0 atom stereocenters. The van der Waals surface area contributed by atoms with E-state index in [2.05, 4.69) is 16.7 Å². The standard InChI is InChI=1S/C19H19F2N3O2/c1-12-7-14(10-24(4)19(12)25)17(22-3)8-13(2)23-11-26-18-6-5-15(20)9-16(18)21/h5-10H,3,11H2,1-2,4H3/b17-8-,23-13?. The first-order valence-corrected chi connectivity index (χ1v) is 7.76. The number of hydrogen-bond donors (Lipinski definition) is 0. The van der Waals surface area contributed by atoms with Gasteiger partial charge >= 0.3 is 0 Å². The molecule has 0 aliphatic heterocycles. The predicted octanol–water partition coefficient (Wildman–Crippen LogP) is 3.51. The number of aromatic nitrogens is 1. The average molecular weight is 359 g/mol. The van der Waals surface area contributed by atoms with Gasteiger partial charge in [0.2, 0.25) is 0 Å². The monoisotopic (exact) mass is 359 g/mol. The summed E-state index contributed by atoms with van der Waals surface area (Å²) < 4.78 is 33.0. The second kappa shape index (κ2) is 8.33. The first-order chi connectivity index (χ1) is 12.3. The zero-order valence-corrected chi connectivity index (χ0v) is 14.8. The van der Waals surface area contributed by atoms with E-state index in [1.54, 1.807) is 39.2 Å². The summed E-state index contributed by atoms with van der Waals surface area (Å²) in [6.45, 7) is 6.85. The molecule has 0 radical (unpaired) electrons. The van der Waals surface area contributed by atoms with Gasteiger partial charge in [0.25, 0.3) is 5.56 Å². The molecular formula is C19H19F2N3O2. The van der Waals surface area contributed by atoms with Gasteiger partial charge in [-0.2, -0.15) is 0 Å². The summed E-state index contributed by atoms with van der Waals surface area (Å²) in [6, 6.07) is 4.78. The van der Waals surface area contributed by atoms with E-state index in [1.165, 1.54) is 10.6 Å². The van der Waals surface area contributed by atoms with E-state index in [9.17, 15) is 13.6 Å². The normalized spacial score (nSPS) is 12.2. The molecule has 5 nitrogen and oxygen atoms in total. The Balaban J connectivity index is 2.16. The summed E-state index contributed by atoms with van der Waals surface area (Å²) in [5.41, 5.74) is 2.33. The number of aliphatic imine (C=N–C) groups is 2. The molecule has 0 bridgehead atoms. The van der Waals surface area contributed by atoms with Crippen LogP contribution in [0.3, 0.4) is 0 Å². The van der Waals surface area contributed by atoms with Crippen molar-refractivity contribution in [2.24, 2.45) is 17.0 Å². The van der Waals surface area contributed by atoms with E-state index in [-0.39, 0.29) is 18.0 Å². The molecule has 0 amide bonds. The summed E-state index contributed by atoms with van der Waals surface area (Å²) in [6.07, 6.45) is 3.34. The molecule has 1 aromatic heterocycles. The first kappa shape index (κ1) is 19.2. The number of allylic oxidation sites excluding steroid dienone is 1. The molecule has 0 fully saturated rings. The summed E-state index contributed by atoms with van der Waals surface area (Å²) in [7, 11) is 1.66. The summed E-state index contributed by atoms with van der Waals surface area (Å²) in [5, 5.41) is 0. The van der Waals surface area contributed by atoms with Crippen LogP contribution in [0.4, 0.5) is 8.78 Å². The number of rotatable bonds is 6. The largest absolute Gasteiger partial charge is 0.468 e. The molecule has 2 aromatic rings. The molecule has 26 heavy (non-hydrogen) atoms. The fourth-order valence-electron chi connectivity index (χ4n) is 2.28. The van der Waals surface area contributed by atoms with Crippen LogP contribution in [-0.2, 0) is 7.05 Å². The molecule has 0 aliphatic carbocycles. The molecule has 0 spiro atoms. The quantitative estimate of drug-likeness (QED) is 0.741. The molecule has 2 rings (SSSR count). The minimum atomic E-state index is -0.789. The Morgan fingerprint density at radius 2 is 2.08 bits per heavy atom. The van der Waals surface area contributed by atoms with Crippen molar-refractivity contribution < 1.29 is 13.5 Å². The minimum Gasteiger partial charge on any atom is -0.468 e. The van der Waals surface area contributed by atoms with Crippen molar-refractivity contribution in [1.82, 2.24) is 4.57 Å². The van der Waals surface area contributed by atoms with E-state index in [1.807, 2.05) is 0 Å². The molecule has 136 valence electrons. The third-order valence-corrected chi connectivity index (χ3v) is 3.60. The highest BCUT2D eigenvalue weighted by Crippen LogP contribution is 2.18. The molecule has 0 saturated heterocycles. The van der Waals surface area contributed by atoms with Crippen LogP contribution in [-0.4, -0.2) is 23.7 Å². The highest BCUT2D eigenvalue weighted by Gasteiger charge is 2.06. The van der Waals surface area contributed by atoms with Crippen LogP contribution in [0.5, 0.6) is 5.75 Å². The Hall–Kier alpha value is -3.09. The summed E-state index contributed by atoms with van der Waals surface area (Å²) in [4.78, 5) is 19.9. The van der Waals surface area contributed by atoms with Gasteiger partial charge in [0.1, 0.15) is 5.82 Å². The van der Waals surface area contributed by atoms with Crippen LogP contribution in [0.25, 0.3) is 5.70 Å². The van der Waals surface area contributed by atoms with Gasteiger partial charge in [0.15, 0.2) is 18.3 Å². The van der Waals surface area contributed by atoms with Gasteiger partial charge in [-0.3, -0.25) is 14.8 Å². The lowest BCUT2D eigenvalue weighted by Gasteiger charge is -2.07. The minimum absolute atomic E-state index is 0.0808. The second-order valence-corrected chi connectivity index (χ2v) is 5.66. The third-order valence-electron chi connectivity index (χ3n) is 3.60.